The number of amides is 1. The van der Waals surface area contributed by atoms with Gasteiger partial charge in [0.25, 0.3) is 0 Å². The van der Waals surface area contributed by atoms with Gasteiger partial charge in [-0.1, -0.05) is 0 Å². The molecule has 0 aromatic carbocycles. The van der Waals surface area contributed by atoms with Crippen molar-refractivity contribution in [2.24, 2.45) is 5.92 Å². The van der Waals surface area contributed by atoms with Gasteiger partial charge in [0.1, 0.15) is 0 Å². The first-order chi connectivity index (χ1) is 5.39. The Morgan fingerprint density at radius 3 is 2.50 bits per heavy atom. The molecule has 5 heteroatoms. The maximum absolute atomic E-state index is 12.1. The van der Waals surface area contributed by atoms with Crippen molar-refractivity contribution >= 4 is 5.91 Å². The van der Waals surface area contributed by atoms with Gasteiger partial charge in [0.2, 0.25) is 5.91 Å². The number of nitrogens with one attached hydrogen (secondary N) is 1. The van der Waals surface area contributed by atoms with Crippen LogP contribution in [-0.2, 0) is 4.79 Å². The summed E-state index contributed by atoms with van der Waals surface area (Å²) < 4.78 is 36.3. The van der Waals surface area contributed by atoms with Gasteiger partial charge >= 0.3 is 6.18 Å². The van der Waals surface area contributed by atoms with E-state index in [2.05, 4.69) is 5.32 Å². The lowest BCUT2D eigenvalue weighted by Crippen LogP contribution is -2.44. The summed E-state index contributed by atoms with van der Waals surface area (Å²) in [6.45, 7) is 1.58. The third kappa shape index (κ3) is 2.12. The van der Waals surface area contributed by atoms with Gasteiger partial charge in [-0.05, 0) is 13.3 Å². The Balaban J connectivity index is 2.62. The fourth-order valence-corrected chi connectivity index (χ4v) is 1.38. The summed E-state index contributed by atoms with van der Waals surface area (Å²) in [5.74, 6) is -1.96. The molecule has 1 saturated heterocycles. The molecule has 0 aromatic rings. The molecular weight excluding hydrogens is 171 g/mol. The first kappa shape index (κ1) is 9.35. The van der Waals surface area contributed by atoms with Crippen LogP contribution in [-0.4, -0.2) is 18.1 Å². The lowest BCUT2D eigenvalue weighted by molar-refractivity contribution is -0.186. The SMILES string of the molecule is CC1CC(C(F)(F)F)CC(=O)N1. The fraction of sp³-hybridized carbons (Fsp3) is 0.857. The summed E-state index contributed by atoms with van der Waals surface area (Å²) in [6.07, 6.45) is -4.66. The average molecular weight is 181 g/mol. The zero-order valence-electron chi connectivity index (χ0n) is 6.61. The van der Waals surface area contributed by atoms with Crippen LogP contribution in [0.3, 0.4) is 0 Å². The normalized spacial score (nSPS) is 31.5. The lowest BCUT2D eigenvalue weighted by atomic mass is 9.92. The monoisotopic (exact) mass is 181 g/mol. The maximum atomic E-state index is 12.1. The molecule has 1 aliphatic rings. The predicted molar refractivity (Wildman–Crippen MR) is 36.4 cm³/mol. The van der Waals surface area contributed by atoms with E-state index in [1.54, 1.807) is 6.92 Å². The van der Waals surface area contributed by atoms with Gasteiger partial charge in [-0.25, -0.2) is 0 Å². The molecular formula is C7H10F3NO. The van der Waals surface area contributed by atoms with Gasteiger partial charge in [0.15, 0.2) is 0 Å². The summed E-state index contributed by atoms with van der Waals surface area (Å²) in [6, 6.07) is -0.363. The molecule has 2 unspecified atom stereocenters. The Hall–Kier alpha value is -0.740. The van der Waals surface area contributed by atoms with Crippen LogP contribution < -0.4 is 5.32 Å². The second-order valence-electron chi connectivity index (χ2n) is 3.15. The molecule has 70 valence electrons. The second kappa shape index (κ2) is 2.95. The molecule has 1 heterocycles. The summed E-state index contributed by atoms with van der Waals surface area (Å²) in [7, 11) is 0. The zero-order valence-corrected chi connectivity index (χ0v) is 6.61. The third-order valence-electron chi connectivity index (χ3n) is 1.94. The topological polar surface area (TPSA) is 29.1 Å². The quantitative estimate of drug-likeness (QED) is 0.602. The standard InChI is InChI=1S/C7H10F3NO/c1-4-2-5(7(8,9)10)3-6(12)11-4/h4-5H,2-3H2,1H3,(H,11,12). The third-order valence-corrected chi connectivity index (χ3v) is 1.94. The molecule has 0 bridgehead atoms. The van der Waals surface area contributed by atoms with Gasteiger partial charge in [-0.3, -0.25) is 4.79 Å². The number of hydrogen-bond donors (Lipinski definition) is 1. The fourth-order valence-electron chi connectivity index (χ4n) is 1.38. The van der Waals surface area contributed by atoms with E-state index < -0.39 is 24.4 Å². The number of carbonyl (C=O) groups is 1. The Kier molecular flexibility index (Phi) is 2.30. The van der Waals surface area contributed by atoms with Gasteiger partial charge in [-0.15, -0.1) is 0 Å². The minimum absolute atomic E-state index is 0.00472. The molecule has 2 atom stereocenters. The van der Waals surface area contributed by atoms with Crippen molar-refractivity contribution in [3.63, 3.8) is 0 Å². The van der Waals surface area contributed by atoms with E-state index in [9.17, 15) is 18.0 Å². The second-order valence-corrected chi connectivity index (χ2v) is 3.15. The van der Waals surface area contributed by atoms with Crippen LogP contribution in [0.2, 0.25) is 0 Å². The van der Waals surface area contributed by atoms with E-state index in [4.69, 9.17) is 0 Å². The average Bonchev–Trinajstić information content (AvgIpc) is 1.82. The van der Waals surface area contributed by atoms with Gasteiger partial charge in [-0.2, -0.15) is 13.2 Å². The first-order valence-corrected chi connectivity index (χ1v) is 3.75. The highest BCUT2D eigenvalue weighted by Crippen LogP contribution is 2.34. The minimum Gasteiger partial charge on any atom is -0.354 e. The van der Waals surface area contributed by atoms with Gasteiger partial charge < -0.3 is 5.32 Å². The van der Waals surface area contributed by atoms with Crippen LogP contribution in [0.15, 0.2) is 0 Å². The Morgan fingerprint density at radius 2 is 2.08 bits per heavy atom. The minimum atomic E-state index is -4.23. The zero-order chi connectivity index (χ0) is 9.35. The highest BCUT2D eigenvalue weighted by atomic mass is 19.4. The van der Waals surface area contributed by atoms with E-state index in [0.29, 0.717) is 0 Å². The van der Waals surface area contributed by atoms with Crippen molar-refractivity contribution < 1.29 is 18.0 Å². The number of carbonyl (C=O) groups excluding carboxylic acids is 1. The van der Waals surface area contributed by atoms with Crippen LogP contribution in [0.1, 0.15) is 19.8 Å². The predicted octanol–water partition coefficient (Wildman–Crippen LogP) is 1.46. The van der Waals surface area contributed by atoms with Crippen molar-refractivity contribution in [1.29, 1.82) is 0 Å². The van der Waals surface area contributed by atoms with Crippen molar-refractivity contribution in [3.05, 3.63) is 0 Å². The molecule has 1 aliphatic heterocycles. The van der Waals surface area contributed by atoms with Crippen LogP contribution in [0.25, 0.3) is 0 Å². The number of hydrogen-bond acceptors (Lipinski definition) is 1. The van der Waals surface area contributed by atoms with Crippen molar-refractivity contribution in [2.45, 2.75) is 32.0 Å². The van der Waals surface area contributed by atoms with Gasteiger partial charge in [0, 0.05) is 12.5 Å². The Bertz CT molecular complexity index is 190. The summed E-state index contributed by atoms with van der Waals surface area (Å²) in [4.78, 5) is 10.7. The largest absolute Gasteiger partial charge is 0.392 e. The molecule has 0 spiro atoms. The Labute approximate surface area is 68.1 Å². The van der Waals surface area contributed by atoms with E-state index in [-0.39, 0.29) is 12.5 Å². The number of halogens is 3. The molecule has 0 aliphatic carbocycles. The first-order valence-electron chi connectivity index (χ1n) is 3.75. The number of rotatable bonds is 0. The van der Waals surface area contributed by atoms with Crippen molar-refractivity contribution in [2.75, 3.05) is 0 Å². The number of alkyl halides is 3. The molecule has 1 N–H and O–H groups in total. The molecule has 0 aromatic heterocycles. The van der Waals surface area contributed by atoms with Crippen LogP contribution >= 0.6 is 0 Å². The molecule has 0 saturated carbocycles. The summed E-state index contributed by atoms with van der Waals surface area (Å²) >= 11 is 0. The van der Waals surface area contributed by atoms with Crippen molar-refractivity contribution in [1.82, 2.24) is 5.32 Å². The maximum Gasteiger partial charge on any atom is 0.392 e. The molecule has 1 fully saturated rings. The van der Waals surface area contributed by atoms with E-state index >= 15 is 0 Å². The lowest BCUT2D eigenvalue weighted by Gasteiger charge is -2.28. The highest BCUT2D eigenvalue weighted by Gasteiger charge is 2.43. The molecule has 1 amide bonds. The smallest absolute Gasteiger partial charge is 0.354 e. The van der Waals surface area contributed by atoms with Crippen LogP contribution in [0, 0.1) is 5.92 Å². The Morgan fingerprint density at radius 1 is 1.50 bits per heavy atom. The molecule has 1 rings (SSSR count). The van der Waals surface area contributed by atoms with E-state index in [1.807, 2.05) is 0 Å². The molecule has 0 radical (unpaired) electrons. The van der Waals surface area contributed by atoms with Crippen molar-refractivity contribution in [3.8, 4) is 0 Å². The summed E-state index contributed by atoms with van der Waals surface area (Å²) in [5, 5.41) is 2.44. The van der Waals surface area contributed by atoms with E-state index in [1.165, 1.54) is 0 Å². The highest BCUT2D eigenvalue weighted by molar-refractivity contribution is 5.77. The molecule has 12 heavy (non-hydrogen) atoms. The van der Waals surface area contributed by atoms with Crippen LogP contribution in [0.5, 0.6) is 0 Å². The summed E-state index contributed by atoms with van der Waals surface area (Å²) in [5.41, 5.74) is 0. The number of piperidine rings is 1. The molecule has 2 nitrogen and oxygen atoms in total. The van der Waals surface area contributed by atoms with Crippen LogP contribution in [0.4, 0.5) is 13.2 Å². The van der Waals surface area contributed by atoms with Gasteiger partial charge in [0.05, 0.1) is 5.92 Å². The van der Waals surface area contributed by atoms with E-state index in [0.717, 1.165) is 0 Å².